The number of nitrogens with two attached hydrogens (primary N) is 1. The van der Waals surface area contributed by atoms with Crippen LogP contribution >= 0.6 is 0 Å². The van der Waals surface area contributed by atoms with Crippen LogP contribution in [0.5, 0.6) is 5.75 Å². The first-order valence-corrected chi connectivity index (χ1v) is 6.50. The minimum absolute atomic E-state index is 0.0115. The first-order valence-electron chi connectivity index (χ1n) is 6.50. The number of hydrogen-bond donors (Lipinski definition) is 2. The van der Waals surface area contributed by atoms with Crippen LogP contribution in [-0.2, 0) is 0 Å². The SMILES string of the molecule is CN(C(=O)c1cc(F)ccc1O)C1CCC(N)CC1. The van der Waals surface area contributed by atoms with Crippen molar-refractivity contribution in [2.24, 2.45) is 5.73 Å². The van der Waals surface area contributed by atoms with Crippen LogP contribution in [0.15, 0.2) is 18.2 Å². The molecular formula is C14H19FN2O2. The van der Waals surface area contributed by atoms with Crippen LogP contribution in [-0.4, -0.2) is 35.0 Å². The fraction of sp³-hybridized carbons (Fsp3) is 0.500. The van der Waals surface area contributed by atoms with E-state index in [4.69, 9.17) is 5.73 Å². The molecule has 0 atom stereocenters. The van der Waals surface area contributed by atoms with E-state index < -0.39 is 5.82 Å². The summed E-state index contributed by atoms with van der Waals surface area (Å²) in [6.07, 6.45) is 3.47. The number of phenolic OH excluding ortho intramolecular Hbond substituents is 1. The summed E-state index contributed by atoms with van der Waals surface area (Å²) in [5.41, 5.74) is 5.85. The summed E-state index contributed by atoms with van der Waals surface area (Å²) in [6.45, 7) is 0. The predicted octanol–water partition coefficient (Wildman–Crippen LogP) is 1.87. The van der Waals surface area contributed by atoms with Gasteiger partial charge in [0.15, 0.2) is 0 Å². The zero-order valence-electron chi connectivity index (χ0n) is 11.0. The van der Waals surface area contributed by atoms with E-state index in [0.717, 1.165) is 37.8 Å². The first kappa shape index (κ1) is 13.8. The van der Waals surface area contributed by atoms with Gasteiger partial charge in [-0.25, -0.2) is 4.39 Å². The predicted molar refractivity (Wildman–Crippen MR) is 70.4 cm³/mol. The lowest BCUT2D eigenvalue weighted by molar-refractivity contribution is 0.0686. The van der Waals surface area contributed by atoms with Crippen molar-refractivity contribution < 1.29 is 14.3 Å². The van der Waals surface area contributed by atoms with Gasteiger partial charge in [-0.05, 0) is 43.9 Å². The number of rotatable bonds is 2. The monoisotopic (exact) mass is 266 g/mol. The zero-order chi connectivity index (χ0) is 14.0. The van der Waals surface area contributed by atoms with Crippen LogP contribution in [0.1, 0.15) is 36.0 Å². The Bertz CT molecular complexity index is 471. The molecule has 1 saturated carbocycles. The lowest BCUT2D eigenvalue weighted by Gasteiger charge is -2.33. The number of benzene rings is 1. The average Bonchev–Trinajstić information content (AvgIpc) is 2.41. The van der Waals surface area contributed by atoms with E-state index in [1.807, 2.05) is 0 Å². The molecule has 19 heavy (non-hydrogen) atoms. The van der Waals surface area contributed by atoms with Crippen molar-refractivity contribution in [2.75, 3.05) is 7.05 Å². The van der Waals surface area contributed by atoms with Gasteiger partial charge in [-0.2, -0.15) is 0 Å². The van der Waals surface area contributed by atoms with Gasteiger partial charge in [0.05, 0.1) is 5.56 Å². The maximum absolute atomic E-state index is 13.2. The van der Waals surface area contributed by atoms with E-state index in [0.29, 0.717) is 0 Å². The molecule has 1 aromatic carbocycles. The van der Waals surface area contributed by atoms with Crippen LogP contribution in [0.25, 0.3) is 0 Å². The lowest BCUT2D eigenvalue weighted by atomic mass is 9.90. The standard InChI is InChI=1S/C14H19FN2O2/c1-17(11-5-3-10(16)4-6-11)14(19)12-8-9(15)2-7-13(12)18/h2,7-8,10-11,18H,3-6,16H2,1H3. The van der Waals surface area contributed by atoms with E-state index in [9.17, 15) is 14.3 Å². The molecule has 0 spiro atoms. The van der Waals surface area contributed by atoms with Crippen LogP contribution < -0.4 is 5.73 Å². The summed E-state index contributed by atoms with van der Waals surface area (Å²) < 4.78 is 13.2. The molecule has 1 amide bonds. The summed E-state index contributed by atoms with van der Waals surface area (Å²) >= 11 is 0. The van der Waals surface area contributed by atoms with Crippen molar-refractivity contribution >= 4 is 5.91 Å². The molecule has 0 heterocycles. The largest absolute Gasteiger partial charge is 0.507 e. The fourth-order valence-corrected chi connectivity index (χ4v) is 2.52. The number of carbonyl (C=O) groups is 1. The Hall–Kier alpha value is -1.62. The quantitative estimate of drug-likeness (QED) is 0.858. The normalized spacial score (nSPS) is 23.1. The Balaban J connectivity index is 2.12. The second kappa shape index (κ2) is 5.57. The Kier molecular flexibility index (Phi) is 4.04. The highest BCUT2D eigenvalue weighted by molar-refractivity contribution is 5.96. The molecule has 0 saturated heterocycles. The summed E-state index contributed by atoms with van der Waals surface area (Å²) in [5.74, 6) is -1.07. The van der Waals surface area contributed by atoms with Crippen molar-refractivity contribution in [3.05, 3.63) is 29.6 Å². The number of hydrogen-bond acceptors (Lipinski definition) is 3. The van der Waals surface area contributed by atoms with E-state index in [1.165, 1.54) is 6.07 Å². The van der Waals surface area contributed by atoms with Crippen LogP contribution in [0.2, 0.25) is 0 Å². The van der Waals surface area contributed by atoms with Gasteiger partial charge in [0, 0.05) is 19.1 Å². The molecule has 4 nitrogen and oxygen atoms in total. The van der Waals surface area contributed by atoms with Crippen LogP contribution in [0, 0.1) is 5.82 Å². The van der Waals surface area contributed by atoms with Crippen molar-refractivity contribution in [1.29, 1.82) is 0 Å². The van der Waals surface area contributed by atoms with Crippen molar-refractivity contribution in [1.82, 2.24) is 4.90 Å². The summed E-state index contributed by atoms with van der Waals surface area (Å²) in [5, 5.41) is 9.66. The molecule has 104 valence electrons. The number of halogens is 1. The molecule has 0 radical (unpaired) electrons. The first-order chi connectivity index (χ1) is 8.99. The summed E-state index contributed by atoms with van der Waals surface area (Å²) in [4.78, 5) is 13.9. The van der Waals surface area contributed by atoms with Gasteiger partial charge in [-0.3, -0.25) is 4.79 Å². The Labute approximate surface area is 112 Å². The second-order valence-corrected chi connectivity index (χ2v) is 5.15. The summed E-state index contributed by atoms with van der Waals surface area (Å²) in [6, 6.07) is 3.72. The Morgan fingerprint density at radius 3 is 2.63 bits per heavy atom. The third-order valence-electron chi connectivity index (χ3n) is 3.80. The van der Waals surface area contributed by atoms with Crippen LogP contribution in [0.3, 0.4) is 0 Å². The molecule has 1 fully saturated rings. The van der Waals surface area contributed by atoms with E-state index >= 15 is 0 Å². The minimum Gasteiger partial charge on any atom is -0.507 e. The smallest absolute Gasteiger partial charge is 0.257 e. The molecule has 5 heteroatoms. The van der Waals surface area contributed by atoms with Crippen molar-refractivity contribution in [2.45, 2.75) is 37.8 Å². The molecule has 1 aliphatic carbocycles. The Morgan fingerprint density at radius 2 is 2.00 bits per heavy atom. The number of nitrogens with zero attached hydrogens (tertiary/aromatic N) is 1. The maximum Gasteiger partial charge on any atom is 0.257 e. The van der Waals surface area contributed by atoms with E-state index in [2.05, 4.69) is 0 Å². The molecule has 1 aliphatic rings. The number of aromatic hydroxyl groups is 1. The molecule has 0 bridgehead atoms. The summed E-state index contributed by atoms with van der Waals surface area (Å²) in [7, 11) is 1.69. The molecule has 2 rings (SSSR count). The minimum atomic E-state index is -0.528. The molecule has 1 aromatic rings. The van der Waals surface area contributed by atoms with Gasteiger partial charge in [-0.1, -0.05) is 0 Å². The molecular weight excluding hydrogens is 247 g/mol. The fourth-order valence-electron chi connectivity index (χ4n) is 2.52. The van der Waals surface area contributed by atoms with Crippen molar-refractivity contribution in [3.8, 4) is 5.75 Å². The van der Waals surface area contributed by atoms with Gasteiger partial charge < -0.3 is 15.7 Å². The molecule has 0 unspecified atom stereocenters. The zero-order valence-corrected chi connectivity index (χ0v) is 11.0. The molecule has 0 aliphatic heterocycles. The molecule has 0 aromatic heterocycles. The number of carbonyl (C=O) groups excluding carboxylic acids is 1. The topological polar surface area (TPSA) is 66.6 Å². The maximum atomic E-state index is 13.2. The third-order valence-corrected chi connectivity index (χ3v) is 3.80. The van der Waals surface area contributed by atoms with Gasteiger partial charge >= 0.3 is 0 Å². The number of amides is 1. The van der Waals surface area contributed by atoms with Gasteiger partial charge in [0.25, 0.3) is 5.91 Å². The molecule has 3 N–H and O–H groups in total. The lowest BCUT2D eigenvalue weighted by Crippen LogP contribution is -2.41. The van der Waals surface area contributed by atoms with Crippen molar-refractivity contribution in [3.63, 3.8) is 0 Å². The Morgan fingerprint density at radius 1 is 1.37 bits per heavy atom. The highest BCUT2D eigenvalue weighted by Crippen LogP contribution is 2.25. The third kappa shape index (κ3) is 3.04. The average molecular weight is 266 g/mol. The van der Waals surface area contributed by atoms with Crippen LogP contribution in [0.4, 0.5) is 4.39 Å². The van der Waals surface area contributed by atoms with E-state index in [1.54, 1.807) is 11.9 Å². The highest BCUT2D eigenvalue weighted by atomic mass is 19.1. The second-order valence-electron chi connectivity index (χ2n) is 5.15. The highest BCUT2D eigenvalue weighted by Gasteiger charge is 2.27. The van der Waals surface area contributed by atoms with Gasteiger partial charge in [-0.15, -0.1) is 0 Å². The van der Waals surface area contributed by atoms with Gasteiger partial charge in [0.2, 0.25) is 0 Å². The van der Waals surface area contributed by atoms with Gasteiger partial charge in [0.1, 0.15) is 11.6 Å². The van der Waals surface area contributed by atoms with E-state index in [-0.39, 0.29) is 29.3 Å². The number of phenols is 1.